The summed E-state index contributed by atoms with van der Waals surface area (Å²) in [5.74, 6) is 1.26. The third kappa shape index (κ3) is 4.44. The number of ether oxygens (including phenoxy) is 1. The third-order valence-electron chi connectivity index (χ3n) is 4.63. The molecule has 0 radical (unpaired) electrons. The van der Waals surface area contributed by atoms with Crippen LogP contribution in [0.5, 0.6) is 5.75 Å². The maximum atomic E-state index is 10.6. The van der Waals surface area contributed by atoms with Gasteiger partial charge in [-0.3, -0.25) is 0 Å². The lowest BCUT2D eigenvalue weighted by Crippen LogP contribution is -2.34. The molecule has 0 saturated heterocycles. The maximum absolute atomic E-state index is 10.6. The predicted octanol–water partition coefficient (Wildman–Crippen LogP) is 2.46. The maximum Gasteiger partial charge on any atom is 0.175 e. The van der Waals surface area contributed by atoms with Gasteiger partial charge in [-0.15, -0.1) is 0 Å². The summed E-state index contributed by atoms with van der Waals surface area (Å²) >= 11 is 3.86. The summed E-state index contributed by atoms with van der Waals surface area (Å²) in [5, 5.41) is 14.5. The number of anilines is 1. The number of fused-ring (bicyclic) bond motifs is 2. The highest BCUT2D eigenvalue weighted by molar-refractivity contribution is 14.1. The number of nitrogens with one attached hydrogen (secondary N) is 1. The highest BCUT2D eigenvalue weighted by Gasteiger charge is 2.21. The second-order valence-corrected chi connectivity index (χ2v) is 9.42. The Kier molecular flexibility index (Phi) is 6.13. The molecule has 1 aliphatic heterocycles. The number of hydrogen-bond acceptors (Lipinski definition) is 8. The fourth-order valence-electron chi connectivity index (χ4n) is 3.18. The first-order valence-electron chi connectivity index (χ1n) is 9.43. The van der Waals surface area contributed by atoms with Gasteiger partial charge in [0.25, 0.3) is 0 Å². The van der Waals surface area contributed by atoms with Crippen molar-refractivity contribution in [2.75, 3.05) is 18.9 Å². The molecule has 4 N–H and O–H groups in total. The number of halogens is 1. The van der Waals surface area contributed by atoms with Crippen LogP contribution in [0.1, 0.15) is 19.4 Å². The van der Waals surface area contributed by atoms with Crippen LogP contribution in [-0.4, -0.2) is 49.9 Å². The average Bonchev–Trinajstić information content (AvgIpc) is 3.26. The van der Waals surface area contributed by atoms with Crippen LogP contribution in [0.3, 0.4) is 0 Å². The number of nitrogens with two attached hydrogens (primary N) is 1. The lowest BCUT2D eigenvalue weighted by Gasteiger charge is -2.16. The van der Waals surface area contributed by atoms with E-state index >= 15 is 0 Å². The number of hydrogen-bond donors (Lipinski definition) is 3. The van der Waals surface area contributed by atoms with Crippen molar-refractivity contribution in [2.24, 2.45) is 0 Å². The number of aromatic nitrogens is 4. The van der Waals surface area contributed by atoms with Gasteiger partial charge in [-0.1, -0.05) is 25.6 Å². The number of rotatable bonds is 7. The Bertz CT molecular complexity index is 1040. The van der Waals surface area contributed by atoms with E-state index in [2.05, 4.69) is 50.0 Å². The molecular weight excluding hydrogens is 503 g/mol. The van der Waals surface area contributed by atoms with Crippen LogP contribution < -0.4 is 15.8 Å². The number of nitrogens with zero attached hydrogens (tertiary/aromatic N) is 4. The standard InChI is InChI=1S/C19H23IN6O2S/c1-10(2)22-7-12(27)8-26-18-16(17(21)23-9-24-18)25-19(26)29-15-6-14-11(3-4-28-14)5-13(15)20/h5-6,9-10,12,22,27H,3-4,7-8H2,1-2H3,(H2,21,23,24). The molecule has 0 fully saturated rings. The van der Waals surface area contributed by atoms with Crippen molar-refractivity contribution in [3.8, 4) is 5.75 Å². The van der Waals surface area contributed by atoms with Gasteiger partial charge in [0.1, 0.15) is 12.1 Å². The summed E-state index contributed by atoms with van der Waals surface area (Å²) in [6, 6.07) is 4.52. The first-order chi connectivity index (χ1) is 13.9. The van der Waals surface area contributed by atoms with Gasteiger partial charge in [0.05, 0.1) is 19.3 Å². The Morgan fingerprint density at radius 2 is 2.21 bits per heavy atom. The van der Waals surface area contributed by atoms with E-state index in [1.165, 1.54) is 23.7 Å². The first-order valence-corrected chi connectivity index (χ1v) is 11.3. The summed E-state index contributed by atoms with van der Waals surface area (Å²) < 4.78 is 8.77. The van der Waals surface area contributed by atoms with E-state index < -0.39 is 6.10 Å². The van der Waals surface area contributed by atoms with Gasteiger partial charge in [0, 0.05) is 27.5 Å². The normalized spacial score (nSPS) is 14.4. The van der Waals surface area contributed by atoms with Crippen LogP contribution in [0.15, 0.2) is 28.5 Å². The second-order valence-electron chi connectivity index (χ2n) is 7.24. The van der Waals surface area contributed by atoms with Crippen molar-refractivity contribution in [1.82, 2.24) is 24.8 Å². The van der Waals surface area contributed by atoms with Gasteiger partial charge in [0.2, 0.25) is 0 Å². The number of nitrogen functional groups attached to an aromatic ring is 1. The van der Waals surface area contributed by atoms with Crippen molar-refractivity contribution >= 4 is 51.3 Å². The lowest BCUT2D eigenvalue weighted by atomic mass is 10.2. The fraction of sp³-hybridized carbons (Fsp3) is 0.421. The Hall–Kier alpha value is -1.63. The van der Waals surface area contributed by atoms with Gasteiger partial charge in [0.15, 0.2) is 22.1 Å². The zero-order valence-corrected chi connectivity index (χ0v) is 19.2. The number of benzene rings is 1. The summed E-state index contributed by atoms with van der Waals surface area (Å²) in [4.78, 5) is 14.2. The second kappa shape index (κ2) is 8.62. The van der Waals surface area contributed by atoms with E-state index in [4.69, 9.17) is 15.5 Å². The van der Waals surface area contributed by atoms with E-state index in [-0.39, 0.29) is 0 Å². The van der Waals surface area contributed by atoms with Crippen LogP contribution in [-0.2, 0) is 13.0 Å². The Labute approximate surface area is 186 Å². The van der Waals surface area contributed by atoms with Gasteiger partial charge >= 0.3 is 0 Å². The molecule has 0 spiro atoms. The van der Waals surface area contributed by atoms with E-state index in [0.29, 0.717) is 41.3 Å². The summed E-state index contributed by atoms with van der Waals surface area (Å²) in [7, 11) is 0. The molecule has 0 aliphatic carbocycles. The quantitative estimate of drug-likeness (QED) is 0.403. The molecule has 154 valence electrons. The minimum absolute atomic E-state index is 0.295. The molecular formula is C19H23IN6O2S. The zero-order valence-electron chi connectivity index (χ0n) is 16.2. The van der Waals surface area contributed by atoms with E-state index in [1.54, 1.807) is 0 Å². The number of aliphatic hydroxyl groups excluding tert-OH is 1. The van der Waals surface area contributed by atoms with Crippen molar-refractivity contribution in [3.05, 3.63) is 27.6 Å². The predicted molar refractivity (Wildman–Crippen MR) is 121 cm³/mol. The van der Waals surface area contributed by atoms with Crippen molar-refractivity contribution < 1.29 is 9.84 Å². The molecule has 2 aromatic heterocycles. The molecule has 3 heterocycles. The third-order valence-corrected chi connectivity index (χ3v) is 6.94. The molecule has 1 unspecified atom stereocenters. The van der Waals surface area contributed by atoms with Crippen molar-refractivity contribution in [3.63, 3.8) is 0 Å². The van der Waals surface area contributed by atoms with Crippen LogP contribution in [0.25, 0.3) is 11.2 Å². The molecule has 29 heavy (non-hydrogen) atoms. The van der Waals surface area contributed by atoms with Crippen LogP contribution >= 0.6 is 34.4 Å². The summed E-state index contributed by atoms with van der Waals surface area (Å²) in [5.41, 5.74) is 8.43. The highest BCUT2D eigenvalue weighted by Crippen LogP contribution is 2.38. The monoisotopic (exact) mass is 526 g/mol. The molecule has 4 rings (SSSR count). The van der Waals surface area contributed by atoms with E-state index in [0.717, 1.165) is 27.2 Å². The molecule has 0 saturated carbocycles. The van der Waals surface area contributed by atoms with Gasteiger partial charge in [-0.2, -0.15) is 0 Å². The Morgan fingerprint density at radius 1 is 1.38 bits per heavy atom. The number of aliphatic hydroxyl groups is 1. The molecule has 0 bridgehead atoms. The molecule has 1 aliphatic rings. The number of imidazole rings is 1. The molecule has 10 heteroatoms. The molecule has 3 aromatic rings. The average molecular weight is 526 g/mol. The van der Waals surface area contributed by atoms with Gasteiger partial charge in [-0.25, -0.2) is 15.0 Å². The van der Waals surface area contributed by atoms with Crippen molar-refractivity contribution in [1.29, 1.82) is 0 Å². The van der Waals surface area contributed by atoms with Crippen molar-refractivity contribution in [2.45, 2.75) is 49.0 Å². The van der Waals surface area contributed by atoms with Crippen LogP contribution in [0, 0.1) is 3.57 Å². The van der Waals surface area contributed by atoms with Gasteiger partial charge in [-0.05, 0) is 40.3 Å². The molecule has 0 amide bonds. The highest BCUT2D eigenvalue weighted by atomic mass is 127. The first kappa shape index (κ1) is 20.6. The smallest absolute Gasteiger partial charge is 0.175 e. The lowest BCUT2D eigenvalue weighted by molar-refractivity contribution is 0.147. The van der Waals surface area contributed by atoms with Gasteiger partial charge < -0.3 is 25.5 Å². The largest absolute Gasteiger partial charge is 0.493 e. The topological polar surface area (TPSA) is 111 Å². The van der Waals surface area contributed by atoms with E-state index in [9.17, 15) is 5.11 Å². The molecule has 1 atom stereocenters. The zero-order chi connectivity index (χ0) is 20.5. The van der Waals surface area contributed by atoms with E-state index in [1.807, 2.05) is 18.4 Å². The Morgan fingerprint density at radius 3 is 3.00 bits per heavy atom. The molecule has 1 aromatic carbocycles. The minimum Gasteiger partial charge on any atom is -0.493 e. The molecule has 8 nitrogen and oxygen atoms in total. The summed E-state index contributed by atoms with van der Waals surface area (Å²) in [6.07, 6.45) is 1.78. The van der Waals surface area contributed by atoms with Crippen LogP contribution in [0.4, 0.5) is 5.82 Å². The van der Waals surface area contributed by atoms with Crippen LogP contribution in [0.2, 0.25) is 0 Å². The summed E-state index contributed by atoms with van der Waals surface area (Å²) in [6.45, 7) is 5.65. The fourth-order valence-corrected chi connectivity index (χ4v) is 4.97. The SMILES string of the molecule is CC(C)NCC(O)Cn1c(Sc2cc3c(cc2I)CCO3)nc2c(N)ncnc21. The Balaban J connectivity index is 1.69. The minimum atomic E-state index is -0.590.